The Bertz CT molecular complexity index is 1530. The van der Waals surface area contributed by atoms with Crippen LogP contribution in [0.25, 0.3) is 0 Å². The number of amides is 6. The smallest absolute Gasteiger partial charge is 0.326 e. The summed E-state index contributed by atoms with van der Waals surface area (Å²) in [5.74, 6) is -12.9. The first kappa shape index (κ1) is 53.2. The summed E-state index contributed by atoms with van der Waals surface area (Å²) in [5, 5.41) is 60.1. The third kappa shape index (κ3) is 22.1. The standard InChI is InChI=1S/C33H56N10O15S/c1-15(2)25(31(56)42-21(32(57)58)13-24(49)50)43-30(55)19(7-9-23(47)48)40-28(53)18(6-8-22(45)46)39-29(54)20(10-12-59-3)41-27(52)17(5-4-11-37-33(35)36)38-26(51)16(34)14-44/h15-21,25,44H,4-14,34H2,1-3H3,(H,38,51)(H,39,54)(H,40,53)(H,41,52)(H,42,56)(H,43,55)(H,45,46)(H,47,48)(H,49,50)(H,57,58)(H4,35,36,37)/t16-,17-,18-,19-,20-,21-,25-/m0/s1. The van der Waals surface area contributed by atoms with Crippen molar-refractivity contribution in [2.24, 2.45) is 28.1 Å². The molecule has 0 aliphatic heterocycles. The molecule has 0 aromatic rings. The van der Waals surface area contributed by atoms with E-state index in [2.05, 4.69) is 31.6 Å². The molecule has 17 N–H and O–H groups in total. The molecule has 0 saturated carbocycles. The maximum absolute atomic E-state index is 13.7. The maximum Gasteiger partial charge on any atom is 0.326 e. The van der Waals surface area contributed by atoms with Crippen LogP contribution in [0.15, 0.2) is 4.99 Å². The summed E-state index contributed by atoms with van der Waals surface area (Å²) in [6, 6.07) is -10.9. The van der Waals surface area contributed by atoms with E-state index in [0.29, 0.717) is 0 Å². The van der Waals surface area contributed by atoms with E-state index in [9.17, 15) is 68.4 Å². The fourth-order valence-corrected chi connectivity index (χ4v) is 5.43. The molecule has 59 heavy (non-hydrogen) atoms. The minimum atomic E-state index is -1.88. The molecule has 0 unspecified atom stereocenters. The van der Waals surface area contributed by atoms with Gasteiger partial charge in [0.25, 0.3) is 0 Å². The summed E-state index contributed by atoms with van der Waals surface area (Å²) >= 11 is 1.28. The van der Waals surface area contributed by atoms with E-state index in [1.807, 2.05) is 5.32 Å². The zero-order valence-electron chi connectivity index (χ0n) is 32.8. The van der Waals surface area contributed by atoms with Crippen LogP contribution in [-0.4, -0.2) is 158 Å². The number of carboxylic acid groups (broad SMARTS) is 4. The van der Waals surface area contributed by atoms with Crippen molar-refractivity contribution in [1.82, 2.24) is 31.9 Å². The van der Waals surface area contributed by atoms with Gasteiger partial charge in [0, 0.05) is 19.4 Å². The van der Waals surface area contributed by atoms with E-state index in [1.54, 1.807) is 6.26 Å². The van der Waals surface area contributed by atoms with Crippen LogP contribution in [0.2, 0.25) is 0 Å². The number of aliphatic hydroxyl groups excluding tert-OH is 1. The van der Waals surface area contributed by atoms with Gasteiger partial charge < -0.3 is 74.6 Å². The highest BCUT2D eigenvalue weighted by Crippen LogP contribution is 2.10. The third-order valence-electron chi connectivity index (χ3n) is 8.16. The van der Waals surface area contributed by atoms with E-state index in [0.717, 1.165) is 0 Å². The van der Waals surface area contributed by atoms with Crippen LogP contribution < -0.4 is 49.1 Å². The van der Waals surface area contributed by atoms with Gasteiger partial charge in [0.1, 0.15) is 42.3 Å². The Hall–Kier alpha value is -5.76. The van der Waals surface area contributed by atoms with E-state index in [-0.39, 0.29) is 37.5 Å². The SMILES string of the molecule is CSCC[C@H](NC(=O)[C@H](CCCN=C(N)N)NC(=O)[C@@H](N)CO)C(=O)N[C@@H](CCC(=O)O)C(=O)N[C@@H](CCC(=O)O)C(=O)N[C@H](C(=O)N[C@@H](CC(=O)O)C(=O)O)C(C)C. The molecule has 0 bridgehead atoms. The largest absolute Gasteiger partial charge is 0.481 e. The summed E-state index contributed by atoms with van der Waals surface area (Å²) in [5.41, 5.74) is 16.2. The second-order valence-corrected chi connectivity index (χ2v) is 14.3. The first-order valence-electron chi connectivity index (χ1n) is 18.2. The zero-order chi connectivity index (χ0) is 45.4. The number of nitrogens with two attached hydrogens (primary N) is 3. The number of carbonyl (C=O) groups is 10. The molecule has 334 valence electrons. The van der Waals surface area contributed by atoms with Gasteiger partial charge in [0.15, 0.2) is 5.96 Å². The third-order valence-corrected chi connectivity index (χ3v) is 8.80. The van der Waals surface area contributed by atoms with Gasteiger partial charge >= 0.3 is 23.9 Å². The molecule has 0 saturated heterocycles. The number of hydrogen-bond acceptors (Lipinski definition) is 14. The van der Waals surface area contributed by atoms with E-state index in [4.69, 9.17) is 22.3 Å². The van der Waals surface area contributed by atoms with Crippen LogP contribution >= 0.6 is 11.8 Å². The molecule has 0 aliphatic carbocycles. The van der Waals surface area contributed by atoms with Crippen molar-refractivity contribution < 1.29 is 73.5 Å². The summed E-state index contributed by atoms with van der Waals surface area (Å²) in [7, 11) is 0. The van der Waals surface area contributed by atoms with Gasteiger partial charge in [-0.05, 0) is 50.0 Å². The lowest BCUT2D eigenvalue weighted by Gasteiger charge is -2.28. The Kier molecular flexibility index (Phi) is 25.1. The number of aliphatic imine (C=N–C) groups is 1. The number of nitrogens with zero attached hydrogens (tertiary/aromatic N) is 1. The minimum absolute atomic E-state index is 0.0473. The van der Waals surface area contributed by atoms with Crippen molar-refractivity contribution in [3.63, 3.8) is 0 Å². The number of carboxylic acids is 4. The fourth-order valence-electron chi connectivity index (χ4n) is 4.95. The number of guanidine groups is 1. The lowest BCUT2D eigenvalue weighted by molar-refractivity contribution is -0.147. The topological polar surface area (TPSA) is 434 Å². The van der Waals surface area contributed by atoms with Gasteiger partial charge in [-0.25, -0.2) is 4.79 Å². The molecule has 25 nitrogen and oxygen atoms in total. The summed E-state index contributed by atoms with van der Waals surface area (Å²) in [6.07, 6.45) is -1.81. The Morgan fingerprint density at radius 3 is 1.41 bits per heavy atom. The first-order chi connectivity index (χ1) is 27.5. The monoisotopic (exact) mass is 864 g/mol. The van der Waals surface area contributed by atoms with Gasteiger partial charge in [0.05, 0.1) is 13.0 Å². The molecule has 0 radical (unpaired) electrons. The highest BCUT2D eigenvalue weighted by molar-refractivity contribution is 7.98. The molecule has 26 heteroatoms. The summed E-state index contributed by atoms with van der Waals surface area (Å²) in [6.45, 7) is 2.19. The molecule has 0 aromatic heterocycles. The molecular formula is C33H56N10O15S. The number of nitrogens with one attached hydrogen (secondary N) is 6. The summed E-state index contributed by atoms with van der Waals surface area (Å²) in [4.78, 5) is 129. The van der Waals surface area contributed by atoms with Gasteiger partial charge in [-0.1, -0.05) is 13.8 Å². The van der Waals surface area contributed by atoms with Gasteiger partial charge in [-0.15, -0.1) is 0 Å². The molecule has 0 spiro atoms. The molecule has 0 aliphatic rings. The van der Waals surface area contributed by atoms with Crippen LogP contribution in [0.3, 0.4) is 0 Å². The normalized spacial score (nSPS) is 14.4. The van der Waals surface area contributed by atoms with E-state index in [1.165, 1.54) is 25.6 Å². The average Bonchev–Trinajstić information content (AvgIpc) is 3.14. The van der Waals surface area contributed by atoms with Crippen molar-refractivity contribution in [2.45, 2.75) is 108 Å². The molecule has 0 fully saturated rings. The predicted octanol–water partition coefficient (Wildman–Crippen LogP) is -5.03. The predicted molar refractivity (Wildman–Crippen MR) is 208 cm³/mol. The molecule has 0 aromatic carbocycles. The number of carbonyl (C=O) groups excluding carboxylic acids is 6. The van der Waals surface area contributed by atoms with Crippen molar-refractivity contribution in [1.29, 1.82) is 0 Å². The number of aliphatic carboxylic acids is 4. The summed E-state index contributed by atoms with van der Waals surface area (Å²) < 4.78 is 0. The molecule has 6 amide bonds. The zero-order valence-corrected chi connectivity index (χ0v) is 33.6. The first-order valence-corrected chi connectivity index (χ1v) is 19.5. The van der Waals surface area contributed by atoms with Crippen LogP contribution in [0.1, 0.15) is 65.2 Å². The van der Waals surface area contributed by atoms with Crippen LogP contribution in [0.4, 0.5) is 0 Å². The Labute approximate surface area is 342 Å². The highest BCUT2D eigenvalue weighted by atomic mass is 32.2. The molecule has 0 heterocycles. The van der Waals surface area contributed by atoms with Crippen molar-refractivity contribution in [3.8, 4) is 0 Å². The van der Waals surface area contributed by atoms with Crippen molar-refractivity contribution in [3.05, 3.63) is 0 Å². The Morgan fingerprint density at radius 2 is 1.02 bits per heavy atom. The second-order valence-electron chi connectivity index (χ2n) is 13.4. The van der Waals surface area contributed by atoms with Gasteiger partial charge in [0.2, 0.25) is 35.4 Å². The van der Waals surface area contributed by atoms with Crippen LogP contribution in [0, 0.1) is 5.92 Å². The molecular weight excluding hydrogens is 808 g/mol. The van der Waals surface area contributed by atoms with E-state index < -0.39 is 146 Å². The van der Waals surface area contributed by atoms with Gasteiger partial charge in [-0.2, -0.15) is 11.8 Å². The Balaban J connectivity index is 6.48. The van der Waals surface area contributed by atoms with Crippen molar-refractivity contribution in [2.75, 3.05) is 25.2 Å². The van der Waals surface area contributed by atoms with Crippen LogP contribution in [0.5, 0.6) is 0 Å². The number of rotatable bonds is 30. The Morgan fingerprint density at radius 1 is 0.593 bits per heavy atom. The lowest BCUT2D eigenvalue weighted by atomic mass is 10.0. The number of thioether (sulfide) groups is 1. The number of hydrogen-bond donors (Lipinski definition) is 14. The lowest BCUT2D eigenvalue weighted by Crippen LogP contribution is -2.60. The molecule has 0 rings (SSSR count). The van der Waals surface area contributed by atoms with E-state index >= 15 is 0 Å². The minimum Gasteiger partial charge on any atom is -0.481 e. The second kappa shape index (κ2) is 27.8. The number of aliphatic hydroxyl groups is 1. The van der Waals surface area contributed by atoms with Crippen molar-refractivity contribution >= 4 is 77.0 Å². The quantitative estimate of drug-likeness (QED) is 0.0183. The van der Waals surface area contributed by atoms with Gasteiger partial charge in [-0.3, -0.25) is 48.1 Å². The fraction of sp³-hybridized carbons (Fsp3) is 0.667. The maximum atomic E-state index is 13.7. The van der Waals surface area contributed by atoms with Crippen LogP contribution in [-0.2, 0) is 47.9 Å². The molecule has 7 atom stereocenters. The highest BCUT2D eigenvalue weighted by Gasteiger charge is 2.35. The average molecular weight is 865 g/mol.